The number of aliphatic imine (C=N–C) groups is 1. The lowest BCUT2D eigenvalue weighted by atomic mass is 10.1. The molecule has 132 valence electrons. The highest BCUT2D eigenvalue weighted by molar-refractivity contribution is 5.79. The van der Waals surface area contributed by atoms with Crippen molar-refractivity contribution in [2.45, 2.75) is 26.0 Å². The lowest BCUT2D eigenvalue weighted by Crippen LogP contribution is -2.42. The Kier molecular flexibility index (Phi) is 5.77. The van der Waals surface area contributed by atoms with Crippen molar-refractivity contribution in [2.75, 3.05) is 20.2 Å². The van der Waals surface area contributed by atoms with Gasteiger partial charge in [0, 0.05) is 13.0 Å². The summed E-state index contributed by atoms with van der Waals surface area (Å²) in [6.45, 7) is 4.19. The van der Waals surface area contributed by atoms with Crippen LogP contribution in [0.25, 0.3) is 0 Å². The van der Waals surface area contributed by atoms with E-state index in [1.165, 1.54) is 5.56 Å². The van der Waals surface area contributed by atoms with E-state index < -0.39 is 0 Å². The quantitative estimate of drug-likeness (QED) is 0.628. The van der Waals surface area contributed by atoms with Crippen LogP contribution < -0.4 is 20.1 Å². The van der Waals surface area contributed by atoms with Crippen LogP contribution in [-0.4, -0.2) is 32.3 Å². The predicted molar refractivity (Wildman–Crippen MR) is 100 cm³/mol. The molecule has 1 heterocycles. The minimum absolute atomic E-state index is 0.137. The summed E-state index contributed by atoms with van der Waals surface area (Å²) in [7, 11) is 1.67. The van der Waals surface area contributed by atoms with Crippen LogP contribution in [0.3, 0.4) is 0 Å². The minimum atomic E-state index is 0.137. The number of nitrogens with zero attached hydrogens (tertiary/aromatic N) is 1. The summed E-state index contributed by atoms with van der Waals surface area (Å²) in [6, 6.07) is 16.2. The highest BCUT2D eigenvalue weighted by Gasteiger charge is 2.22. The molecule has 0 saturated heterocycles. The molecule has 0 aromatic heterocycles. The average Bonchev–Trinajstić information content (AvgIpc) is 3.07. The molecule has 2 N–H and O–H groups in total. The molecule has 5 nitrogen and oxygen atoms in total. The number of rotatable bonds is 6. The van der Waals surface area contributed by atoms with E-state index in [2.05, 4.69) is 34.7 Å². The van der Waals surface area contributed by atoms with Gasteiger partial charge in [-0.15, -0.1) is 0 Å². The van der Waals surface area contributed by atoms with Gasteiger partial charge in [0.15, 0.2) is 5.96 Å². The van der Waals surface area contributed by atoms with Crippen molar-refractivity contribution < 1.29 is 9.47 Å². The molecule has 0 spiro atoms. The molecule has 0 aliphatic carbocycles. The van der Waals surface area contributed by atoms with Crippen LogP contribution in [0.2, 0.25) is 0 Å². The first kappa shape index (κ1) is 17.1. The number of methoxy groups -OCH3 is 1. The Bertz CT molecular complexity index is 705. The third-order valence-corrected chi connectivity index (χ3v) is 4.11. The maximum absolute atomic E-state index is 5.97. The van der Waals surface area contributed by atoms with Gasteiger partial charge in [-0.1, -0.05) is 30.3 Å². The van der Waals surface area contributed by atoms with Crippen LogP contribution in [0, 0.1) is 0 Å². The summed E-state index contributed by atoms with van der Waals surface area (Å²) in [6.07, 6.45) is 1.07. The van der Waals surface area contributed by atoms with E-state index in [1.54, 1.807) is 7.11 Å². The smallest absolute Gasteiger partial charge is 0.191 e. The summed E-state index contributed by atoms with van der Waals surface area (Å²) in [5, 5.41) is 6.66. The molecule has 25 heavy (non-hydrogen) atoms. The highest BCUT2D eigenvalue weighted by atomic mass is 16.5. The van der Waals surface area contributed by atoms with Gasteiger partial charge < -0.3 is 20.1 Å². The SMILES string of the molecule is CCNC(=NCc1cccc(OC)c1)NCC1Cc2ccccc2O1. The molecule has 0 amide bonds. The average molecular weight is 339 g/mol. The van der Waals surface area contributed by atoms with Gasteiger partial charge in [-0.2, -0.15) is 0 Å². The van der Waals surface area contributed by atoms with Crippen molar-refractivity contribution in [2.24, 2.45) is 4.99 Å². The number of fused-ring (bicyclic) bond motifs is 1. The summed E-state index contributed by atoms with van der Waals surface area (Å²) in [4.78, 5) is 4.65. The van der Waals surface area contributed by atoms with E-state index in [9.17, 15) is 0 Å². The van der Waals surface area contributed by atoms with Crippen LogP contribution in [0.15, 0.2) is 53.5 Å². The first-order valence-electron chi connectivity index (χ1n) is 8.68. The topological polar surface area (TPSA) is 54.9 Å². The van der Waals surface area contributed by atoms with Gasteiger partial charge in [-0.05, 0) is 36.2 Å². The van der Waals surface area contributed by atoms with Gasteiger partial charge in [-0.25, -0.2) is 4.99 Å². The van der Waals surface area contributed by atoms with Gasteiger partial charge in [-0.3, -0.25) is 0 Å². The lowest BCUT2D eigenvalue weighted by Gasteiger charge is -2.15. The van der Waals surface area contributed by atoms with Gasteiger partial charge in [0.25, 0.3) is 0 Å². The van der Waals surface area contributed by atoms with E-state index in [1.807, 2.05) is 36.4 Å². The number of hydrogen-bond donors (Lipinski definition) is 2. The monoisotopic (exact) mass is 339 g/mol. The van der Waals surface area contributed by atoms with Gasteiger partial charge in [0.1, 0.15) is 17.6 Å². The maximum Gasteiger partial charge on any atom is 0.191 e. The van der Waals surface area contributed by atoms with Crippen molar-refractivity contribution in [3.05, 3.63) is 59.7 Å². The van der Waals surface area contributed by atoms with Crippen LogP contribution >= 0.6 is 0 Å². The van der Waals surface area contributed by atoms with Crippen molar-refractivity contribution in [3.8, 4) is 11.5 Å². The highest BCUT2D eigenvalue weighted by Crippen LogP contribution is 2.27. The Morgan fingerprint density at radius 1 is 1.20 bits per heavy atom. The maximum atomic E-state index is 5.97. The molecule has 1 atom stereocenters. The van der Waals surface area contributed by atoms with E-state index in [4.69, 9.17) is 9.47 Å². The molecule has 0 fully saturated rings. The Morgan fingerprint density at radius 2 is 2.08 bits per heavy atom. The molecule has 2 aromatic carbocycles. The van der Waals surface area contributed by atoms with Gasteiger partial charge in [0.2, 0.25) is 0 Å². The van der Waals surface area contributed by atoms with Crippen LogP contribution in [0.4, 0.5) is 0 Å². The van der Waals surface area contributed by atoms with Crippen molar-refractivity contribution >= 4 is 5.96 Å². The number of para-hydroxylation sites is 1. The number of hydrogen-bond acceptors (Lipinski definition) is 3. The van der Waals surface area contributed by atoms with E-state index in [-0.39, 0.29) is 6.10 Å². The van der Waals surface area contributed by atoms with Crippen LogP contribution in [0.1, 0.15) is 18.1 Å². The van der Waals surface area contributed by atoms with E-state index >= 15 is 0 Å². The summed E-state index contributed by atoms with van der Waals surface area (Å²) in [5.41, 5.74) is 2.38. The molecule has 1 aliphatic heterocycles. The fourth-order valence-corrected chi connectivity index (χ4v) is 2.86. The van der Waals surface area contributed by atoms with E-state index in [0.717, 1.165) is 42.5 Å². The molecule has 1 unspecified atom stereocenters. The number of ether oxygens (including phenoxy) is 2. The normalized spacial score (nSPS) is 16.1. The minimum Gasteiger partial charge on any atom is -0.497 e. The Hall–Kier alpha value is -2.69. The standard InChI is InChI=1S/C20H25N3O2/c1-3-21-20(22-13-15-7-6-9-17(11-15)24-2)23-14-18-12-16-8-4-5-10-19(16)25-18/h4-11,18H,3,12-14H2,1-2H3,(H2,21,22,23). The van der Waals surface area contributed by atoms with Crippen molar-refractivity contribution in [1.29, 1.82) is 0 Å². The largest absolute Gasteiger partial charge is 0.497 e. The van der Waals surface area contributed by atoms with Gasteiger partial charge >= 0.3 is 0 Å². The third kappa shape index (κ3) is 4.66. The summed E-state index contributed by atoms with van der Waals surface area (Å²) < 4.78 is 11.2. The molecular weight excluding hydrogens is 314 g/mol. The van der Waals surface area contributed by atoms with Crippen LogP contribution in [-0.2, 0) is 13.0 Å². The molecule has 0 radical (unpaired) electrons. The van der Waals surface area contributed by atoms with Crippen LogP contribution in [0.5, 0.6) is 11.5 Å². The first-order chi connectivity index (χ1) is 12.3. The second-order valence-corrected chi connectivity index (χ2v) is 5.98. The fraction of sp³-hybridized carbons (Fsp3) is 0.350. The zero-order chi connectivity index (χ0) is 17.5. The molecule has 5 heteroatoms. The molecule has 3 rings (SSSR count). The second kappa shape index (κ2) is 8.42. The van der Waals surface area contributed by atoms with Crippen molar-refractivity contribution in [1.82, 2.24) is 10.6 Å². The Balaban J connectivity index is 1.56. The second-order valence-electron chi connectivity index (χ2n) is 5.98. The zero-order valence-electron chi connectivity index (χ0n) is 14.8. The molecule has 2 aromatic rings. The van der Waals surface area contributed by atoms with Crippen molar-refractivity contribution in [3.63, 3.8) is 0 Å². The lowest BCUT2D eigenvalue weighted by molar-refractivity contribution is 0.235. The number of benzene rings is 2. The Morgan fingerprint density at radius 3 is 2.88 bits per heavy atom. The first-order valence-corrected chi connectivity index (χ1v) is 8.68. The zero-order valence-corrected chi connectivity index (χ0v) is 14.8. The molecule has 0 bridgehead atoms. The third-order valence-electron chi connectivity index (χ3n) is 4.11. The molecule has 1 aliphatic rings. The Labute approximate surface area is 149 Å². The van der Waals surface area contributed by atoms with Gasteiger partial charge in [0.05, 0.1) is 20.2 Å². The van der Waals surface area contributed by atoms with E-state index in [0.29, 0.717) is 6.54 Å². The molecule has 0 saturated carbocycles. The fourth-order valence-electron chi connectivity index (χ4n) is 2.86. The molecular formula is C20H25N3O2. The number of guanidine groups is 1. The predicted octanol–water partition coefficient (Wildman–Crippen LogP) is 2.75. The summed E-state index contributed by atoms with van der Waals surface area (Å²) >= 11 is 0. The summed E-state index contributed by atoms with van der Waals surface area (Å²) in [5.74, 6) is 2.64. The number of nitrogens with one attached hydrogen (secondary N) is 2.